The van der Waals surface area contributed by atoms with E-state index in [2.05, 4.69) is 68.5 Å². The summed E-state index contributed by atoms with van der Waals surface area (Å²) >= 11 is 25.5. The molecular weight excluding hydrogens is 726 g/mol. The van der Waals surface area contributed by atoms with Crippen LogP contribution < -0.4 is 0 Å². The highest BCUT2D eigenvalue weighted by molar-refractivity contribution is 6.31. The van der Waals surface area contributed by atoms with Crippen molar-refractivity contribution in [3.05, 3.63) is 257 Å². The second-order valence-electron chi connectivity index (χ2n) is 12.7. The van der Waals surface area contributed by atoms with Gasteiger partial charge in [-0.3, -0.25) is 0 Å². The summed E-state index contributed by atoms with van der Waals surface area (Å²) in [6, 6.07) is 48.8. The first-order valence-corrected chi connectivity index (χ1v) is 18.2. The van der Waals surface area contributed by atoms with Gasteiger partial charge in [0, 0.05) is 48.5 Å². The maximum atomic E-state index is 6.38. The summed E-state index contributed by atoms with van der Waals surface area (Å²) in [7, 11) is 0. The Morgan fingerprint density at radius 3 is 0.538 bits per heavy atom. The standard InChI is InChI=1S/C44H28Cl4N4/c45-29-9-1-25(2-10-29)41-33-17-19-35(49-33)42(26-3-11-30(46)12-4-26)37-21-23-39(51-37)44(28-7-15-32(48)16-8-28)40-24-22-38(52-40)43(36-20-18-34(41)50-36)27-5-13-31(47)14-6-27/h1-24,49-52H/q+4. The van der Waals surface area contributed by atoms with Crippen molar-refractivity contribution in [2.24, 2.45) is 0 Å². The van der Waals surface area contributed by atoms with Crippen LogP contribution in [-0.4, -0.2) is 19.9 Å². The molecule has 0 amide bonds. The van der Waals surface area contributed by atoms with Crippen LogP contribution in [0.3, 0.4) is 0 Å². The van der Waals surface area contributed by atoms with Gasteiger partial charge in [-0.05, 0) is 48.5 Å². The van der Waals surface area contributed by atoms with Crippen molar-refractivity contribution < 1.29 is 0 Å². The normalized spacial score (nSPS) is 12.8. The predicted octanol–water partition coefficient (Wildman–Crippen LogP) is 12.0. The first-order valence-electron chi connectivity index (χ1n) is 16.7. The topological polar surface area (TPSA) is 63.2 Å². The number of benzene rings is 4. The molecule has 0 atom stereocenters. The largest absolute Gasteiger partial charge is 0.327 e. The van der Waals surface area contributed by atoms with Gasteiger partial charge in [0.15, 0.2) is 0 Å². The summed E-state index contributed by atoms with van der Waals surface area (Å²) in [6.07, 6.45) is 0. The van der Waals surface area contributed by atoms with Crippen LogP contribution in [0.25, 0.3) is 0 Å². The molecule has 248 valence electrons. The predicted molar refractivity (Wildman–Crippen MR) is 211 cm³/mol. The molecule has 9 rings (SSSR count). The van der Waals surface area contributed by atoms with Gasteiger partial charge >= 0.3 is 0 Å². The van der Waals surface area contributed by atoms with Gasteiger partial charge in [-0.2, -0.15) is 0 Å². The van der Waals surface area contributed by atoms with Crippen LogP contribution in [-0.2, 0) is 0 Å². The summed E-state index contributed by atoms with van der Waals surface area (Å²) in [5.41, 5.74) is 11.6. The number of aromatic nitrogens is 4. The minimum Gasteiger partial charge on any atom is -0.327 e. The highest BCUT2D eigenvalue weighted by Gasteiger charge is 2.37. The third-order valence-corrected chi connectivity index (χ3v) is 10.4. The summed E-state index contributed by atoms with van der Waals surface area (Å²) in [5.74, 6) is 4.02. The van der Waals surface area contributed by atoms with Gasteiger partial charge in [-0.1, -0.05) is 46.4 Å². The van der Waals surface area contributed by atoms with E-state index in [9.17, 15) is 0 Å². The Bertz CT molecular complexity index is 2040. The van der Waals surface area contributed by atoms with Crippen LogP contribution in [0.4, 0.5) is 0 Å². The monoisotopic (exact) mass is 752 g/mol. The maximum Gasteiger partial charge on any atom is 0.126 e. The summed E-state index contributed by atoms with van der Waals surface area (Å²) in [4.78, 5) is 15.2. The number of halogens is 4. The molecule has 4 N–H and O–H groups in total. The van der Waals surface area contributed by atoms with Crippen molar-refractivity contribution >= 4 is 46.4 Å². The van der Waals surface area contributed by atoms with Gasteiger partial charge in [-0.15, -0.1) is 0 Å². The molecule has 0 saturated heterocycles. The Kier molecular flexibility index (Phi) is 8.33. The fourth-order valence-corrected chi connectivity index (χ4v) is 7.54. The Labute approximate surface area is 321 Å². The van der Waals surface area contributed by atoms with Gasteiger partial charge in [0.25, 0.3) is 0 Å². The Balaban J connectivity index is 1.29. The molecule has 0 unspecified atom stereocenters. The summed E-state index contributed by atoms with van der Waals surface area (Å²) in [6.45, 7) is 0. The second kappa shape index (κ2) is 13.3. The lowest BCUT2D eigenvalue weighted by Gasteiger charge is -2.13. The molecule has 8 bridgehead atoms. The molecule has 0 spiro atoms. The molecular formula is C44H28Cl4N4+4. The molecule has 5 heterocycles. The Morgan fingerprint density at radius 1 is 0.231 bits per heavy atom. The zero-order valence-electron chi connectivity index (χ0n) is 27.4. The molecule has 1 aliphatic rings. The highest BCUT2D eigenvalue weighted by atomic mass is 35.5. The number of aromatic amines is 4. The molecule has 4 aromatic heterocycles. The van der Waals surface area contributed by atoms with Crippen LogP contribution in [0.1, 0.15) is 67.8 Å². The van der Waals surface area contributed by atoms with Gasteiger partial charge in [0.2, 0.25) is 0 Å². The third-order valence-electron chi connectivity index (χ3n) is 9.43. The lowest BCUT2D eigenvalue weighted by Crippen LogP contribution is -2.12. The number of hydrogen-bond donors (Lipinski definition) is 4. The number of fused-ring (bicyclic) bond motifs is 8. The van der Waals surface area contributed by atoms with E-state index in [0.29, 0.717) is 20.1 Å². The Morgan fingerprint density at radius 2 is 0.385 bits per heavy atom. The number of nitrogens with one attached hydrogen (secondary N) is 4. The van der Waals surface area contributed by atoms with Crippen molar-refractivity contribution in [2.75, 3.05) is 0 Å². The number of hydrogen-bond acceptors (Lipinski definition) is 0. The third kappa shape index (κ3) is 6.04. The van der Waals surface area contributed by atoms with E-state index in [0.717, 1.165) is 91.5 Å². The second-order valence-corrected chi connectivity index (χ2v) is 14.4. The first kappa shape index (κ1) is 32.5. The molecule has 0 saturated carbocycles. The van der Waals surface area contributed by atoms with Crippen LogP contribution in [0.2, 0.25) is 20.1 Å². The van der Waals surface area contributed by atoms with Crippen molar-refractivity contribution in [1.82, 2.24) is 19.9 Å². The fourth-order valence-electron chi connectivity index (χ4n) is 7.04. The molecule has 0 fully saturated rings. The van der Waals surface area contributed by atoms with Gasteiger partial charge in [0.05, 0.1) is 90.9 Å². The highest BCUT2D eigenvalue weighted by Crippen LogP contribution is 2.40. The van der Waals surface area contributed by atoms with Crippen LogP contribution in [0.15, 0.2) is 146 Å². The lowest BCUT2D eigenvalue weighted by atomic mass is 9.92. The molecule has 0 radical (unpaired) electrons. The molecule has 4 nitrogen and oxygen atoms in total. The van der Waals surface area contributed by atoms with E-state index < -0.39 is 0 Å². The average molecular weight is 755 g/mol. The van der Waals surface area contributed by atoms with E-state index in [-0.39, 0.29) is 0 Å². The summed E-state index contributed by atoms with van der Waals surface area (Å²) < 4.78 is 0. The quantitative estimate of drug-likeness (QED) is 0.129. The molecule has 52 heavy (non-hydrogen) atoms. The summed E-state index contributed by atoms with van der Waals surface area (Å²) in [5, 5.41) is 2.70. The lowest BCUT2D eigenvalue weighted by molar-refractivity contribution is 1.01. The van der Waals surface area contributed by atoms with Crippen molar-refractivity contribution in [3.8, 4) is 0 Å². The average Bonchev–Trinajstić information content (AvgIpc) is 3.99. The van der Waals surface area contributed by atoms with E-state index >= 15 is 0 Å². The van der Waals surface area contributed by atoms with E-state index in [1.54, 1.807) is 0 Å². The Hall–Kier alpha value is -5.36. The fraction of sp³-hybridized carbons (Fsp3) is 0. The maximum absolute atomic E-state index is 6.38. The van der Waals surface area contributed by atoms with Gasteiger partial charge < -0.3 is 19.9 Å². The van der Waals surface area contributed by atoms with Crippen LogP contribution in [0.5, 0.6) is 0 Å². The first-order chi connectivity index (χ1) is 25.4. The van der Waals surface area contributed by atoms with Crippen molar-refractivity contribution in [3.63, 3.8) is 0 Å². The zero-order valence-corrected chi connectivity index (χ0v) is 30.4. The van der Waals surface area contributed by atoms with Crippen LogP contribution in [0, 0.1) is 23.7 Å². The van der Waals surface area contributed by atoms with Gasteiger partial charge in [0.1, 0.15) is 69.2 Å². The molecule has 1 aliphatic heterocycles. The molecule has 8 heteroatoms. The zero-order chi connectivity index (χ0) is 35.3. The number of rotatable bonds is 4. The minimum absolute atomic E-state index is 0.675. The van der Waals surface area contributed by atoms with E-state index in [1.165, 1.54) is 0 Å². The van der Waals surface area contributed by atoms with Crippen LogP contribution >= 0.6 is 46.4 Å². The van der Waals surface area contributed by atoms with E-state index in [4.69, 9.17) is 46.4 Å². The SMILES string of the molecule is Clc1ccc([C+]2c3ccc([nH]3)[C+](c3ccc(Cl)cc3)c3ccc([nH]3)[C+](c3ccc(Cl)cc3)c3ccc([nH]3)[C+](c3ccc(Cl)cc3)c3ccc2[nH]3)cc1. The minimum atomic E-state index is 0.675. The van der Waals surface area contributed by atoms with Crippen molar-refractivity contribution in [2.45, 2.75) is 0 Å². The molecule has 4 aromatic carbocycles. The van der Waals surface area contributed by atoms with Gasteiger partial charge in [-0.25, -0.2) is 0 Å². The molecule has 0 aliphatic carbocycles. The number of H-pyrrole nitrogens is 4. The van der Waals surface area contributed by atoms with E-state index in [1.807, 2.05) is 97.1 Å². The smallest absolute Gasteiger partial charge is 0.126 e. The van der Waals surface area contributed by atoms with Crippen molar-refractivity contribution in [1.29, 1.82) is 0 Å². The molecule has 8 aromatic rings.